The summed E-state index contributed by atoms with van der Waals surface area (Å²) < 4.78 is 0. The number of anilines is 2. The number of nitrogens with one attached hydrogen (secondary N) is 1. The molecule has 112 valence electrons. The molecule has 0 bridgehead atoms. The van der Waals surface area contributed by atoms with Gasteiger partial charge in [0.05, 0.1) is 11.0 Å². The molecule has 3 aromatic rings. The van der Waals surface area contributed by atoms with E-state index >= 15 is 0 Å². The second-order valence-electron chi connectivity index (χ2n) is 5.51. The van der Waals surface area contributed by atoms with E-state index in [1.807, 2.05) is 37.4 Å². The van der Waals surface area contributed by atoms with E-state index in [0.717, 1.165) is 54.8 Å². The number of aryl methyl sites for hydroxylation is 1. The maximum Gasteiger partial charge on any atom is 0.203 e. The van der Waals surface area contributed by atoms with Gasteiger partial charge in [0.2, 0.25) is 5.95 Å². The summed E-state index contributed by atoms with van der Waals surface area (Å²) in [5.74, 6) is 2.79. The molecule has 3 heterocycles. The number of imidazole rings is 1. The highest BCUT2D eigenvalue weighted by Crippen LogP contribution is 2.20. The second-order valence-corrected chi connectivity index (χ2v) is 5.51. The molecule has 6 nitrogen and oxygen atoms in total. The van der Waals surface area contributed by atoms with Crippen molar-refractivity contribution < 1.29 is 0 Å². The summed E-state index contributed by atoms with van der Waals surface area (Å²) in [5, 5.41) is 0. The van der Waals surface area contributed by atoms with E-state index in [9.17, 15) is 0 Å². The molecule has 0 aliphatic carbocycles. The highest BCUT2D eigenvalue weighted by atomic mass is 15.3. The van der Waals surface area contributed by atoms with Gasteiger partial charge in [-0.15, -0.1) is 0 Å². The molecule has 22 heavy (non-hydrogen) atoms. The third-order valence-electron chi connectivity index (χ3n) is 4.04. The monoisotopic (exact) mass is 294 g/mol. The minimum Gasteiger partial charge on any atom is -0.353 e. The summed E-state index contributed by atoms with van der Waals surface area (Å²) >= 11 is 0. The average Bonchev–Trinajstić information content (AvgIpc) is 2.99. The summed E-state index contributed by atoms with van der Waals surface area (Å²) in [6.07, 6.45) is 1.82. The third kappa shape index (κ3) is 2.36. The van der Waals surface area contributed by atoms with Crippen LogP contribution in [0.15, 0.2) is 36.5 Å². The molecule has 1 N–H and O–H groups in total. The number of hydrogen-bond acceptors (Lipinski definition) is 5. The zero-order valence-corrected chi connectivity index (χ0v) is 12.5. The van der Waals surface area contributed by atoms with Gasteiger partial charge in [0.15, 0.2) is 0 Å². The molecule has 0 spiro atoms. The topological polar surface area (TPSA) is 60.9 Å². The minimum absolute atomic E-state index is 0.817. The molecule has 4 rings (SSSR count). The van der Waals surface area contributed by atoms with E-state index in [1.165, 1.54) is 0 Å². The SMILES string of the molecule is Cc1nccc(N2CCN(c3nc4ccccc4[nH]3)CC2)n1. The van der Waals surface area contributed by atoms with Gasteiger partial charge in [-0.3, -0.25) is 0 Å². The van der Waals surface area contributed by atoms with Crippen molar-refractivity contribution in [2.45, 2.75) is 6.92 Å². The Bertz CT molecular complexity index is 755. The zero-order valence-electron chi connectivity index (χ0n) is 12.5. The first kappa shape index (κ1) is 13.1. The molecule has 2 aromatic heterocycles. The smallest absolute Gasteiger partial charge is 0.203 e. The molecule has 1 aliphatic heterocycles. The summed E-state index contributed by atoms with van der Waals surface area (Å²) in [6, 6.07) is 10.1. The molecule has 1 saturated heterocycles. The van der Waals surface area contributed by atoms with Crippen molar-refractivity contribution in [3.05, 3.63) is 42.4 Å². The molecule has 6 heteroatoms. The molecule has 1 aliphatic rings. The molecule has 0 amide bonds. The summed E-state index contributed by atoms with van der Waals surface area (Å²) in [7, 11) is 0. The van der Waals surface area contributed by atoms with Crippen molar-refractivity contribution >= 4 is 22.8 Å². The molecule has 1 fully saturated rings. The van der Waals surface area contributed by atoms with Gasteiger partial charge < -0.3 is 14.8 Å². The van der Waals surface area contributed by atoms with E-state index in [4.69, 9.17) is 0 Å². The van der Waals surface area contributed by atoms with E-state index in [0.29, 0.717) is 0 Å². The quantitative estimate of drug-likeness (QED) is 0.783. The van der Waals surface area contributed by atoms with E-state index in [1.54, 1.807) is 0 Å². The lowest BCUT2D eigenvalue weighted by molar-refractivity contribution is 0.636. The number of rotatable bonds is 2. The fourth-order valence-electron chi connectivity index (χ4n) is 2.86. The fourth-order valence-corrected chi connectivity index (χ4v) is 2.86. The summed E-state index contributed by atoms with van der Waals surface area (Å²) in [6.45, 7) is 5.67. The van der Waals surface area contributed by atoms with Crippen LogP contribution in [0, 0.1) is 6.92 Å². The van der Waals surface area contributed by atoms with Crippen molar-refractivity contribution in [3.63, 3.8) is 0 Å². The number of H-pyrrole nitrogens is 1. The number of aromatic nitrogens is 4. The normalized spacial score (nSPS) is 15.5. The molecule has 1 aromatic carbocycles. The molecule has 0 atom stereocenters. The van der Waals surface area contributed by atoms with Gasteiger partial charge in [-0.25, -0.2) is 15.0 Å². The first-order chi connectivity index (χ1) is 10.8. The van der Waals surface area contributed by atoms with Crippen LogP contribution in [-0.2, 0) is 0 Å². The van der Waals surface area contributed by atoms with Crippen LogP contribution in [0.5, 0.6) is 0 Å². The minimum atomic E-state index is 0.817. The maximum absolute atomic E-state index is 4.67. The number of para-hydroxylation sites is 2. The number of fused-ring (bicyclic) bond motifs is 1. The molecule has 0 radical (unpaired) electrons. The van der Waals surface area contributed by atoms with Gasteiger partial charge in [0, 0.05) is 32.4 Å². The van der Waals surface area contributed by atoms with Crippen molar-refractivity contribution in [1.82, 2.24) is 19.9 Å². The molecular formula is C16H18N6. The lowest BCUT2D eigenvalue weighted by Gasteiger charge is -2.35. The van der Waals surface area contributed by atoms with Crippen LogP contribution in [0.25, 0.3) is 11.0 Å². The number of nitrogens with zero attached hydrogens (tertiary/aromatic N) is 5. The average molecular weight is 294 g/mol. The predicted octanol–water partition coefficient (Wildman–Crippen LogP) is 1.99. The number of benzene rings is 1. The van der Waals surface area contributed by atoms with Gasteiger partial charge in [-0.2, -0.15) is 0 Å². The Labute approximate surface area is 128 Å². The van der Waals surface area contributed by atoms with Crippen LogP contribution in [-0.4, -0.2) is 46.1 Å². The highest BCUT2D eigenvalue weighted by molar-refractivity contribution is 5.77. The van der Waals surface area contributed by atoms with Crippen LogP contribution >= 0.6 is 0 Å². The van der Waals surface area contributed by atoms with Crippen LogP contribution in [0.3, 0.4) is 0 Å². The standard InChI is InChI=1S/C16H18N6/c1-12-17-7-6-15(18-12)21-8-10-22(11-9-21)16-19-13-4-2-3-5-14(13)20-16/h2-7H,8-11H2,1H3,(H,19,20). The Kier molecular flexibility index (Phi) is 3.14. The first-order valence-electron chi connectivity index (χ1n) is 7.54. The van der Waals surface area contributed by atoms with Crippen LogP contribution in [0.2, 0.25) is 0 Å². The van der Waals surface area contributed by atoms with E-state index in [2.05, 4.69) is 35.8 Å². The van der Waals surface area contributed by atoms with Crippen LogP contribution in [0.1, 0.15) is 5.82 Å². The maximum atomic E-state index is 4.67. The van der Waals surface area contributed by atoms with Crippen molar-refractivity contribution in [3.8, 4) is 0 Å². The van der Waals surface area contributed by atoms with Crippen LogP contribution in [0.4, 0.5) is 11.8 Å². The van der Waals surface area contributed by atoms with Crippen molar-refractivity contribution in [2.75, 3.05) is 36.0 Å². The van der Waals surface area contributed by atoms with Gasteiger partial charge >= 0.3 is 0 Å². The van der Waals surface area contributed by atoms with Crippen molar-refractivity contribution in [2.24, 2.45) is 0 Å². The summed E-state index contributed by atoms with van der Waals surface area (Å²) in [4.78, 5) is 21.3. The molecular weight excluding hydrogens is 276 g/mol. The van der Waals surface area contributed by atoms with Gasteiger partial charge in [0.1, 0.15) is 11.6 Å². The number of piperazine rings is 1. The van der Waals surface area contributed by atoms with Crippen molar-refractivity contribution in [1.29, 1.82) is 0 Å². The molecule has 0 saturated carbocycles. The second kappa shape index (κ2) is 5.29. The van der Waals surface area contributed by atoms with Gasteiger partial charge in [-0.05, 0) is 25.1 Å². The lowest BCUT2D eigenvalue weighted by atomic mass is 10.3. The highest BCUT2D eigenvalue weighted by Gasteiger charge is 2.20. The van der Waals surface area contributed by atoms with Crippen LogP contribution < -0.4 is 9.80 Å². The van der Waals surface area contributed by atoms with Gasteiger partial charge in [0.25, 0.3) is 0 Å². The third-order valence-corrected chi connectivity index (χ3v) is 4.04. The predicted molar refractivity (Wildman–Crippen MR) is 87.3 cm³/mol. The van der Waals surface area contributed by atoms with E-state index in [-0.39, 0.29) is 0 Å². The Morgan fingerprint density at radius 2 is 1.73 bits per heavy atom. The first-order valence-corrected chi connectivity index (χ1v) is 7.54. The summed E-state index contributed by atoms with van der Waals surface area (Å²) in [5.41, 5.74) is 2.11. The number of hydrogen-bond donors (Lipinski definition) is 1. The Morgan fingerprint density at radius 3 is 2.50 bits per heavy atom. The fraction of sp³-hybridized carbons (Fsp3) is 0.312. The molecule has 0 unspecified atom stereocenters. The number of aromatic amines is 1. The Morgan fingerprint density at radius 1 is 0.955 bits per heavy atom. The Hall–Kier alpha value is -2.63. The Balaban J connectivity index is 1.49. The van der Waals surface area contributed by atoms with E-state index < -0.39 is 0 Å². The largest absolute Gasteiger partial charge is 0.353 e. The lowest BCUT2D eigenvalue weighted by Crippen LogP contribution is -2.47. The van der Waals surface area contributed by atoms with Gasteiger partial charge in [-0.1, -0.05) is 12.1 Å². The zero-order chi connectivity index (χ0) is 14.9.